The first-order valence-corrected chi connectivity index (χ1v) is 11.6. The predicted octanol–water partition coefficient (Wildman–Crippen LogP) is 4.07. The Morgan fingerprint density at radius 2 is 1.75 bits per heavy atom. The molecule has 1 fully saturated rings. The smallest absolute Gasteiger partial charge is 0.217 e. The zero-order valence-corrected chi connectivity index (χ0v) is 17.8. The number of rotatable bonds is 6. The average molecular weight is 467 g/mol. The maximum absolute atomic E-state index is 15.5. The largest absolute Gasteiger partial charge is 0.303 e. The number of hydrogen-bond donors (Lipinski definition) is 0. The quantitative estimate of drug-likeness (QED) is 0.513. The van der Waals surface area contributed by atoms with Crippen LogP contribution in [0.5, 0.6) is 0 Å². The van der Waals surface area contributed by atoms with Crippen molar-refractivity contribution < 1.29 is 26.0 Å². The minimum Gasteiger partial charge on any atom is -0.303 e. The third-order valence-corrected chi connectivity index (χ3v) is 8.02. The Bertz CT molecular complexity index is 1210. The second-order valence-corrected chi connectivity index (χ2v) is 9.99. The maximum Gasteiger partial charge on any atom is 0.217 e. The van der Waals surface area contributed by atoms with Gasteiger partial charge in [-0.2, -0.15) is 5.10 Å². The predicted molar refractivity (Wildman–Crippen MR) is 110 cm³/mol. The Morgan fingerprint density at radius 1 is 1.00 bits per heavy atom. The van der Waals surface area contributed by atoms with Crippen LogP contribution in [-0.4, -0.2) is 47.7 Å². The highest BCUT2D eigenvalue weighted by Gasteiger charge is 2.47. The second-order valence-electron chi connectivity index (χ2n) is 7.78. The van der Waals surface area contributed by atoms with Gasteiger partial charge in [-0.25, -0.2) is 30.7 Å². The van der Waals surface area contributed by atoms with Crippen molar-refractivity contribution in [3.63, 3.8) is 0 Å². The number of hydrogen-bond acceptors (Lipinski definition) is 4. The van der Waals surface area contributed by atoms with Gasteiger partial charge < -0.3 is 4.90 Å². The van der Waals surface area contributed by atoms with Gasteiger partial charge in [0.15, 0.2) is 0 Å². The number of nitrogens with zero attached hydrogens (tertiary/aromatic N) is 3. The van der Waals surface area contributed by atoms with Crippen LogP contribution in [0.1, 0.15) is 18.4 Å². The molecule has 0 radical (unpaired) electrons. The third-order valence-electron chi connectivity index (χ3n) is 5.78. The Balaban J connectivity index is 1.43. The zero-order valence-electron chi connectivity index (χ0n) is 17.0. The van der Waals surface area contributed by atoms with Crippen molar-refractivity contribution in [3.05, 3.63) is 77.9 Å². The van der Waals surface area contributed by atoms with E-state index in [1.165, 1.54) is 41.3 Å². The fraction of sp³-hybridized carbons (Fsp3) is 0.318. The van der Waals surface area contributed by atoms with Crippen LogP contribution < -0.4 is 0 Å². The van der Waals surface area contributed by atoms with Crippen LogP contribution in [0, 0.1) is 17.5 Å². The molecule has 10 heteroatoms. The van der Waals surface area contributed by atoms with E-state index in [4.69, 9.17) is 0 Å². The minimum absolute atomic E-state index is 0.0599. The molecule has 0 amide bonds. The number of piperidine rings is 1. The molecule has 1 aliphatic rings. The Hall–Kier alpha value is -2.72. The summed E-state index contributed by atoms with van der Waals surface area (Å²) in [5.74, 6) is -2.13. The van der Waals surface area contributed by atoms with Gasteiger partial charge in [0.2, 0.25) is 14.8 Å². The van der Waals surface area contributed by atoms with E-state index in [1.54, 1.807) is 6.07 Å². The van der Waals surface area contributed by atoms with Crippen molar-refractivity contribution in [3.8, 4) is 5.69 Å². The van der Waals surface area contributed by atoms with Crippen molar-refractivity contribution >= 4 is 9.84 Å². The molecule has 32 heavy (non-hydrogen) atoms. The Morgan fingerprint density at radius 3 is 2.38 bits per heavy atom. The van der Waals surface area contributed by atoms with Crippen molar-refractivity contribution in [2.24, 2.45) is 0 Å². The molecule has 0 spiro atoms. The lowest BCUT2D eigenvalue weighted by Crippen LogP contribution is -2.46. The van der Waals surface area contributed by atoms with Crippen LogP contribution in [0.15, 0.2) is 59.8 Å². The lowest BCUT2D eigenvalue weighted by Gasteiger charge is -2.36. The zero-order chi connectivity index (χ0) is 22.9. The first kappa shape index (κ1) is 22.5. The summed E-state index contributed by atoms with van der Waals surface area (Å²) in [4.78, 5) is 1.41. The van der Waals surface area contributed by atoms with Gasteiger partial charge in [-0.1, -0.05) is 6.07 Å². The molecular formula is C22H21F4N3O2S. The van der Waals surface area contributed by atoms with Gasteiger partial charge in [0, 0.05) is 50.9 Å². The first-order chi connectivity index (χ1) is 15.2. The summed E-state index contributed by atoms with van der Waals surface area (Å²) in [6, 6.07) is 8.19. The number of benzene rings is 2. The number of alkyl halides is 1. The van der Waals surface area contributed by atoms with Crippen LogP contribution in [0.2, 0.25) is 0 Å². The molecule has 3 aromatic rings. The van der Waals surface area contributed by atoms with Gasteiger partial charge >= 0.3 is 0 Å². The van der Waals surface area contributed by atoms with Crippen LogP contribution in [0.4, 0.5) is 17.6 Å². The topological polar surface area (TPSA) is 55.2 Å². The third kappa shape index (κ3) is 4.29. The van der Waals surface area contributed by atoms with E-state index in [2.05, 4.69) is 5.10 Å². The van der Waals surface area contributed by atoms with Gasteiger partial charge in [-0.3, -0.25) is 0 Å². The highest BCUT2D eigenvalue weighted by Crippen LogP contribution is 2.37. The van der Waals surface area contributed by atoms with E-state index >= 15 is 4.39 Å². The molecule has 2 heterocycles. The molecule has 0 N–H and O–H groups in total. The minimum atomic E-state index is -4.44. The molecule has 5 nitrogen and oxygen atoms in total. The summed E-state index contributed by atoms with van der Waals surface area (Å²) in [6.45, 7) is 0.671. The van der Waals surface area contributed by atoms with Gasteiger partial charge in [-0.05, 0) is 42.3 Å². The maximum atomic E-state index is 15.5. The first-order valence-electron chi connectivity index (χ1n) is 10.1. The number of likely N-dealkylation sites (tertiary alicyclic amines) is 1. The van der Waals surface area contributed by atoms with Crippen molar-refractivity contribution in [2.45, 2.75) is 29.2 Å². The van der Waals surface area contributed by atoms with Crippen LogP contribution in [0.3, 0.4) is 0 Å². The van der Waals surface area contributed by atoms with Crippen molar-refractivity contribution in [1.82, 2.24) is 14.7 Å². The highest BCUT2D eigenvalue weighted by molar-refractivity contribution is 7.92. The van der Waals surface area contributed by atoms with E-state index in [0.717, 1.165) is 12.1 Å². The van der Waals surface area contributed by atoms with Gasteiger partial charge in [-0.15, -0.1) is 0 Å². The van der Waals surface area contributed by atoms with Crippen LogP contribution in [-0.2, 0) is 16.3 Å². The monoisotopic (exact) mass is 467 g/mol. The van der Waals surface area contributed by atoms with E-state index in [9.17, 15) is 21.6 Å². The lowest BCUT2D eigenvalue weighted by atomic mass is 10.1. The van der Waals surface area contributed by atoms with Crippen molar-refractivity contribution in [1.29, 1.82) is 0 Å². The van der Waals surface area contributed by atoms with E-state index < -0.39 is 37.2 Å². The van der Waals surface area contributed by atoms with E-state index in [0.29, 0.717) is 12.1 Å². The molecule has 2 aromatic carbocycles. The number of sulfone groups is 1. The van der Waals surface area contributed by atoms with Crippen molar-refractivity contribution in [2.75, 3.05) is 19.6 Å². The van der Waals surface area contributed by atoms with Crippen LogP contribution >= 0.6 is 0 Å². The molecule has 1 aromatic heterocycles. The number of aromatic nitrogens is 2. The molecule has 0 bridgehead atoms. The summed E-state index contributed by atoms with van der Waals surface area (Å²) < 4.78 is 84.0. The average Bonchev–Trinajstić information content (AvgIpc) is 3.29. The number of halogens is 4. The molecule has 1 aliphatic heterocycles. The van der Waals surface area contributed by atoms with Crippen LogP contribution in [0.25, 0.3) is 5.69 Å². The summed E-state index contributed by atoms with van der Waals surface area (Å²) in [7, 11) is -4.44. The molecule has 0 saturated carbocycles. The summed E-state index contributed by atoms with van der Waals surface area (Å²) in [5, 5.41) is 1.38. The SMILES string of the molecule is O=S(=O)(c1ccc(-n2cccn2)c(F)c1)C1(F)CCN(CCc2ccc(F)cc2F)CC1. The highest BCUT2D eigenvalue weighted by atomic mass is 32.2. The van der Waals surface area contributed by atoms with E-state index in [1.807, 2.05) is 4.90 Å². The summed E-state index contributed by atoms with van der Waals surface area (Å²) in [6.07, 6.45) is 2.68. The Kier molecular flexibility index (Phi) is 6.09. The fourth-order valence-corrected chi connectivity index (χ4v) is 5.49. The molecule has 4 rings (SSSR count). The molecule has 0 unspecified atom stereocenters. The van der Waals surface area contributed by atoms with Gasteiger partial charge in [0.25, 0.3) is 0 Å². The summed E-state index contributed by atoms with van der Waals surface area (Å²) >= 11 is 0. The van der Waals surface area contributed by atoms with Gasteiger partial charge in [0.1, 0.15) is 23.1 Å². The van der Waals surface area contributed by atoms with E-state index in [-0.39, 0.29) is 38.0 Å². The standard InChI is InChI=1S/C22H21F4N3O2S/c23-17-3-2-16(19(24)14-17)6-11-28-12-7-22(26,8-13-28)32(30,31)18-4-5-21(20(25)15-18)29-10-1-9-27-29/h1-5,9-10,14-15H,6-8,11-13H2. The van der Waals surface area contributed by atoms with Gasteiger partial charge in [0.05, 0.1) is 4.90 Å². The second kappa shape index (κ2) is 8.67. The summed E-state index contributed by atoms with van der Waals surface area (Å²) in [5.41, 5.74) is 0.397. The molecule has 170 valence electrons. The fourth-order valence-electron chi connectivity index (χ4n) is 3.85. The lowest BCUT2D eigenvalue weighted by molar-refractivity contribution is 0.120. The molecule has 0 aliphatic carbocycles. The molecule has 1 saturated heterocycles. The normalized spacial score (nSPS) is 16.9. The Labute approximate surface area is 183 Å². The molecular weight excluding hydrogens is 446 g/mol. The molecule has 0 atom stereocenters.